The van der Waals surface area contributed by atoms with Gasteiger partial charge < -0.3 is 5.32 Å². The first kappa shape index (κ1) is 13.8. The molecule has 1 aromatic heterocycles. The van der Waals surface area contributed by atoms with Gasteiger partial charge in [0.1, 0.15) is 0 Å². The first-order valence-corrected chi connectivity index (χ1v) is 7.60. The standard InChI is InChI=1S/C18H20N2O/c21-18(12-14-4-3-11-19-13-14)20-17-9-7-16(8-10-17)15-5-1-2-6-15/h3-4,7-11,13,15H,1-2,5-6,12H2,(H,20,21). The van der Waals surface area contributed by atoms with Gasteiger partial charge in [-0.3, -0.25) is 9.78 Å². The van der Waals surface area contributed by atoms with Crippen molar-refractivity contribution in [2.24, 2.45) is 0 Å². The number of nitrogens with one attached hydrogen (secondary N) is 1. The summed E-state index contributed by atoms with van der Waals surface area (Å²) in [6, 6.07) is 12.1. The van der Waals surface area contributed by atoms with E-state index in [1.165, 1.54) is 31.2 Å². The van der Waals surface area contributed by atoms with Gasteiger partial charge in [-0.2, -0.15) is 0 Å². The molecule has 0 saturated heterocycles. The largest absolute Gasteiger partial charge is 0.326 e. The van der Waals surface area contributed by atoms with Crippen LogP contribution in [-0.4, -0.2) is 10.9 Å². The number of anilines is 1. The molecule has 3 rings (SSSR count). The highest BCUT2D eigenvalue weighted by Gasteiger charge is 2.16. The van der Waals surface area contributed by atoms with Crippen LogP contribution in [0.15, 0.2) is 48.8 Å². The van der Waals surface area contributed by atoms with Crippen LogP contribution in [0.1, 0.15) is 42.7 Å². The molecule has 1 aromatic carbocycles. The molecule has 108 valence electrons. The van der Waals surface area contributed by atoms with Crippen molar-refractivity contribution in [2.75, 3.05) is 5.32 Å². The monoisotopic (exact) mass is 280 g/mol. The van der Waals surface area contributed by atoms with Crippen molar-refractivity contribution < 1.29 is 4.79 Å². The summed E-state index contributed by atoms with van der Waals surface area (Å²) in [7, 11) is 0. The lowest BCUT2D eigenvalue weighted by molar-refractivity contribution is -0.115. The van der Waals surface area contributed by atoms with Crippen LogP contribution in [0.5, 0.6) is 0 Å². The second-order valence-corrected chi connectivity index (χ2v) is 5.69. The number of benzene rings is 1. The smallest absolute Gasteiger partial charge is 0.228 e. The molecular weight excluding hydrogens is 260 g/mol. The van der Waals surface area contributed by atoms with Crippen molar-refractivity contribution in [1.82, 2.24) is 4.98 Å². The van der Waals surface area contributed by atoms with E-state index in [1.54, 1.807) is 12.4 Å². The number of amides is 1. The van der Waals surface area contributed by atoms with Crippen LogP contribution >= 0.6 is 0 Å². The van der Waals surface area contributed by atoms with Crippen LogP contribution in [-0.2, 0) is 11.2 Å². The third-order valence-electron chi connectivity index (χ3n) is 4.11. The molecule has 2 aromatic rings. The lowest BCUT2D eigenvalue weighted by Crippen LogP contribution is -2.14. The molecule has 3 heteroatoms. The summed E-state index contributed by atoms with van der Waals surface area (Å²) in [5.74, 6) is 0.710. The Labute approximate surface area is 125 Å². The second kappa shape index (κ2) is 6.53. The number of carbonyl (C=O) groups excluding carboxylic acids is 1. The highest BCUT2D eigenvalue weighted by molar-refractivity contribution is 5.92. The van der Waals surface area contributed by atoms with E-state index in [4.69, 9.17) is 0 Å². The molecule has 3 nitrogen and oxygen atoms in total. The summed E-state index contributed by atoms with van der Waals surface area (Å²) in [4.78, 5) is 16.0. The number of hydrogen-bond acceptors (Lipinski definition) is 2. The van der Waals surface area contributed by atoms with Gasteiger partial charge in [0.15, 0.2) is 0 Å². The van der Waals surface area contributed by atoms with E-state index < -0.39 is 0 Å². The minimum absolute atomic E-state index is 0.00313. The Bertz CT molecular complexity index is 586. The van der Waals surface area contributed by atoms with Crippen molar-refractivity contribution in [3.05, 3.63) is 59.9 Å². The summed E-state index contributed by atoms with van der Waals surface area (Å²) in [6.45, 7) is 0. The van der Waals surface area contributed by atoms with Gasteiger partial charge in [-0.15, -0.1) is 0 Å². The third-order valence-corrected chi connectivity index (χ3v) is 4.11. The van der Waals surface area contributed by atoms with E-state index in [1.807, 2.05) is 24.3 Å². The number of aromatic nitrogens is 1. The van der Waals surface area contributed by atoms with Crippen molar-refractivity contribution in [3.8, 4) is 0 Å². The fourth-order valence-electron chi connectivity index (χ4n) is 2.99. The molecule has 0 aliphatic heterocycles. The fourth-order valence-corrected chi connectivity index (χ4v) is 2.99. The van der Waals surface area contributed by atoms with Crippen LogP contribution in [0.3, 0.4) is 0 Å². The van der Waals surface area contributed by atoms with Crippen molar-refractivity contribution in [3.63, 3.8) is 0 Å². The molecule has 21 heavy (non-hydrogen) atoms. The average Bonchev–Trinajstić information content (AvgIpc) is 3.03. The van der Waals surface area contributed by atoms with Crippen LogP contribution in [0, 0.1) is 0 Å². The van der Waals surface area contributed by atoms with E-state index in [-0.39, 0.29) is 5.91 Å². The highest BCUT2D eigenvalue weighted by Crippen LogP contribution is 2.34. The maximum atomic E-state index is 12.0. The van der Waals surface area contributed by atoms with E-state index in [9.17, 15) is 4.79 Å². The molecule has 1 aliphatic carbocycles. The summed E-state index contributed by atoms with van der Waals surface area (Å²) in [5.41, 5.74) is 3.20. The van der Waals surface area contributed by atoms with Gasteiger partial charge in [0.05, 0.1) is 6.42 Å². The Morgan fingerprint density at radius 1 is 1.14 bits per heavy atom. The topological polar surface area (TPSA) is 42.0 Å². The Morgan fingerprint density at radius 3 is 2.57 bits per heavy atom. The summed E-state index contributed by atoms with van der Waals surface area (Å²) in [6.07, 6.45) is 9.08. The Balaban J connectivity index is 1.58. The normalized spacial score (nSPS) is 15.0. The SMILES string of the molecule is O=C(Cc1cccnc1)Nc1ccc(C2CCCC2)cc1. The number of rotatable bonds is 4. The second-order valence-electron chi connectivity index (χ2n) is 5.69. The first-order chi connectivity index (χ1) is 10.3. The summed E-state index contributed by atoms with van der Waals surface area (Å²) < 4.78 is 0. The summed E-state index contributed by atoms with van der Waals surface area (Å²) >= 11 is 0. The molecule has 0 bridgehead atoms. The van der Waals surface area contributed by atoms with E-state index in [2.05, 4.69) is 22.4 Å². The van der Waals surface area contributed by atoms with Crippen LogP contribution < -0.4 is 5.32 Å². The number of pyridine rings is 1. The molecule has 0 radical (unpaired) electrons. The predicted molar refractivity (Wildman–Crippen MR) is 84.2 cm³/mol. The molecule has 1 amide bonds. The Morgan fingerprint density at radius 2 is 1.90 bits per heavy atom. The molecule has 1 heterocycles. The third kappa shape index (κ3) is 3.69. The van der Waals surface area contributed by atoms with Gasteiger partial charge in [0.25, 0.3) is 0 Å². The summed E-state index contributed by atoms with van der Waals surface area (Å²) in [5, 5.41) is 2.94. The average molecular weight is 280 g/mol. The molecule has 1 fully saturated rings. The lowest BCUT2D eigenvalue weighted by atomic mass is 9.97. The minimum Gasteiger partial charge on any atom is -0.326 e. The van der Waals surface area contributed by atoms with E-state index >= 15 is 0 Å². The number of nitrogens with zero attached hydrogens (tertiary/aromatic N) is 1. The van der Waals surface area contributed by atoms with Gasteiger partial charge in [-0.25, -0.2) is 0 Å². The zero-order valence-corrected chi connectivity index (χ0v) is 12.1. The molecule has 0 atom stereocenters. The first-order valence-electron chi connectivity index (χ1n) is 7.60. The van der Waals surface area contributed by atoms with E-state index in [0.29, 0.717) is 12.3 Å². The predicted octanol–water partition coefficient (Wildman–Crippen LogP) is 3.92. The fraction of sp³-hybridized carbons (Fsp3) is 0.333. The van der Waals surface area contributed by atoms with Gasteiger partial charge in [0.2, 0.25) is 5.91 Å². The maximum absolute atomic E-state index is 12.0. The Hall–Kier alpha value is -2.16. The van der Waals surface area contributed by atoms with Gasteiger partial charge in [-0.05, 0) is 48.1 Å². The number of carbonyl (C=O) groups is 1. The zero-order chi connectivity index (χ0) is 14.5. The molecule has 1 saturated carbocycles. The molecular formula is C18H20N2O. The highest BCUT2D eigenvalue weighted by atomic mass is 16.1. The number of hydrogen-bond donors (Lipinski definition) is 1. The van der Waals surface area contributed by atoms with Gasteiger partial charge >= 0.3 is 0 Å². The molecule has 0 unspecified atom stereocenters. The van der Waals surface area contributed by atoms with Crippen LogP contribution in [0.4, 0.5) is 5.69 Å². The molecule has 1 N–H and O–H groups in total. The molecule has 1 aliphatic rings. The van der Waals surface area contributed by atoms with Gasteiger partial charge in [-0.1, -0.05) is 31.0 Å². The van der Waals surface area contributed by atoms with Crippen LogP contribution in [0.2, 0.25) is 0 Å². The van der Waals surface area contributed by atoms with E-state index in [0.717, 1.165) is 11.3 Å². The molecule has 0 spiro atoms. The van der Waals surface area contributed by atoms with Gasteiger partial charge in [0, 0.05) is 18.1 Å². The lowest BCUT2D eigenvalue weighted by Gasteiger charge is -2.11. The van der Waals surface area contributed by atoms with Crippen molar-refractivity contribution in [2.45, 2.75) is 38.0 Å². The zero-order valence-electron chi connectivity index (χ0n) is 12.1. The van der Waals surface area contributed by atoms with Crippen molar-refractivity contribution in [1.29, 1.82) is 0 Å². The van der Waals surface area contributed by atoms with Crippen LogP contribution in [0.25, 0.3) is 0 Å². The maximum Gasteiger partial charge on any atom is 0.228 e. The quantitative estimate of drug-likeness (QED) is 0.922. The Kier molecular flexibility index (Phi) is 4.29. The minimum atomic E-state index is -0.00313. The van der Waals surface area contributed by atoms with Crippen molar-refractivity contribution >= 4 is 11.6 Å².